The summed E-state index contributed by atoms with van der Waals surface area (Å²) in [5, 5.41) is 14.3. The van der Waals surface area contributed by atoms with Gasteiger partial charge in [0.2, 0.25) is 0 Å². The quantitative estimate of drug-likeness (QED) is 0.316. The van der Waals surface area contributed by atoms with Crippen LogP contribution >= 0.6 is 0 Å². The first kappa shape index (κ1) is 20.9. The van der Waals surface area contributed by atoms with Crippen molar-refractivity contribution in [1.82, 2.24) is 15.6 Å². The number of aromatic amines is 1. The molecule has 0 aliphatic carbocycles. The third kappa shape index (κ3) is 6.44. The molecule has 0 atom stereocenters. The van der Waals surface area contributed by atoms with Crippen LogP contribution in [0.25, 0.3) is 11.6 Å². The van der Waals surface area contributed by atoms with Gasteiger partial charge in [0.05, 0.1) is 13.9 Å². The Kier molecular flexibility index (Phi) is 6.74. The molecular formula is C22H24F4N4O4. The van der Waals surface area contributed by atoms with Crippen LogP contribution in [-0.2, 0) is 9.59 Å². The van der Waals surface area contributed by atoms with Crippen LogP contribution < -0.4 is 16.0 Å². The Morgan fingerprint density at radius 2 is 1.88 bits per heavy atom. The molecule has 0 fully saturated rings. The number of amides is 2. The zero-order valence-corrected chi connectivity index (χ0v) is 18.2. The van der Waals surface area contributed by atoms with E-state index < -0.39 is 42.8 Å². The lowest BCUT2D eigenvalue weighted by atomic mass is 10.0. The SMILES string of the molecule is O=C(O)C(F)(F)F.[2H]C([2H])(NCC)C([2H])([2H])NC(=O)c1c(C)[nH]c(/C=C2\C(=O)Nc3ccc(F)cc32)c1C. The van der Waals surface area contributed by atoms with Crippen molar-refractivity contribution in [2.75, 3.05) is 24.9 Å². The van der Waals surface area contributed by atoms with E-state index in [1.54, 1.807) is 20.8 Å². The number of hydrogen-bond acceptors (Lipinski definition) is 4. The Balaban J connectivity index is 0.000000638. The summed E-state index contributed by atoms with van der Waals surface area (Å²) >= 11 is 0. The number of hydrogen-bond donors (Lipinski definition) is 5. The number of fused-ring (bicyclic) bond motifs is 1. The van der Waals surface area contributed by atoms with Crippen LogP contribution in [0.1, 0.15) is 45.3 Å². The highest BCUT2D eigenvalue weighted by atomic mass is 19.4. The van der Waals surface area contributed by atoms with Gasteiger partial charge in [0, 0.05) is 38.4 Å². The average Bonchev–Trinajstić information content (AvgIpc) is 3.22. The monoisotopic (exact) mass is 488 g/mol. The second kappa shape index (κ2) is 11.0. The molecule has 0 saturated carbocycles. The van der Waals surface area contributed by atoms with Crippen LogP contribution in [-0.4, -0.2) is 53.6 Å². The number of H-pyrrole nitrogens is 1. The van der Waals surface area contributed by atoms with Crippen LogP contribution in [0.4, 0.5) is 23.2 Å². The Morgan fingerprint density at radius 3 is 2.47 bits per heavy atom. The van der Waals surface area contributed by atoms with Gasteiger partial charge in [-0.15, -0.1) is 0 Å². The van der Waals surface area contributed by atoms with Gasteiger partial charge in [0.25, 0.3) is 11.8 Å². The number of likely N-dealkylation sites (N-methyl/N-ethyl adjacent to an activating group) is 1. The Bertz CT molecular complexity index is 1290. The molecule has 1 aromatic heterocycles. The summed E-state index contributed by atoms with van der Waals surface area (Å²) in [6.07, 6.45) is -3.58. The standard InChI is InChI=1S/C20H23FN4O2.C2HF3O2/c1-4-22-7-8-23-20(27)18-11(2)17(24-12(18)3)10-15-14-9-13(21)5-6-16(14)25-19(15)26;3-2(4,5)1(6)7/h5-6,9-10,22,24H,4,7-8H2,1-3H3,(H,23,27)(H,25,26);(H,6,7)/b15-10-;/i7D2,8D2;. The summed E-state index contributed by atoms with van der Waals surface area (Å²) in [5.74, 6) is -4.45. The molecule has 3 rings (SSSR count). The largest absolute Gasteiger partial charge is 0.490 e. The number of alkyl halides is 3. The average molecular weight is 488 g/mol. The molecule has 1 aliphatic rings. The van der Waals surface area contributed by atoms with Gasteiger partial charge in [0.1, 0.15) is 5.82 Å². The molecule has 1 aromatic carbocycles. The maximum atomic E-state index is 13.7. The number of anilines is 1. The first-order valence-corrected chi connectivity index (χ1v) is 9.72. The maximum absolute atomic E-state index is 13.7. The van der Waals surface area contributed by atoms with Gasteiger partial charge in [0.15, 0.2) is 0 Å². The number of nitrogens with one attached hydrogen (secondary N) is 4. The molecule has 1 aliphatic heterocycles. The van der Waals surface area contributed by atoms with Gasteiger partial charge in [-0.1, -0.05) is 6.92 Å². The van der Waals surface area contributed by atoms with Crippen LogP contribution in [0, 0.1) is 19.7 Å². The number of halogens is 4. The van der Waals surface area contributed by atoms with E-state index in [0.29, 0.717) is 28.2 Å². The highest BCUT2D eigenvalue weighted by Crippen LogP contribution is 2.34. The van der Waals surface area contributed by atoms with Crippen molar-refractivity contribution in [2.45, 2.75) is 26.9 Å². The topological polar surface area (TPSA) is 123 Å². The lowest BCUT2D eigenvalue weighted by molar-refractivity contribution is -0.192. The summed E-state index contributed by atoms with van der Waals surface area (Å²) in [6, 6.07) is 3.96. The highest BCUT2D eigenvalue weighted by Gasteiger charge is 2.38. The highest BCUT2D eigenvalue weighted by molar-refractivity contribution is 6.34. The molecule has 2 amide bonds. The van der Waals surface area contributed by atoms with Crippen LogP contribution in [0.2, 0.25) is 0 Å². The van der Waals surface area contributed by atoms with Crippen molar-refractivity contribution >= 4 is 35.1 Å². The number of aliphatic carboxylic acids is 1. The van der Waals surface area contributed by atoms with Crippen molar-refractivity contribution in [2.24, 2.45) is 0 Å². The molecule has 34 heavy (non-hydrogen) atoms. The molecule has 5 N–H and O–H groups in total. The fourth-order valence-electron chi connectivity index (χ4n) is 2.99. The number of carboxylic acid groups (broad SMARTS) is 1. The van der Waals surface area contributed by atoms with E-state index in [9.17, 15) is 27.2 Å². The van der Waals surface area contributed by atoms with Crippen molar-refractivity contribution in [1.29, 1.82) is 0 Å². The summed E-state index contributed by atoms with van der Waals surface area (Å²) < 4.78 is 77.0. The summed E-state index contributed by atoms with van der Waals surface area (Å²) in [7, 11) is 0. The van der Waals surface area contributed by atoms with Gasteiger partial charge in [-0.05, 0) is 50.2 Å². The lowest BCUT2D eigenvalue weighted by Gasteiger charge is -2.06. The number of rotatable bonds is 6. The van der Waals surface area contributed by atoms with E-state index in [4.69, 9.17) is 15.4 Å². The zero-order chi connectivity index (χ0) is 29.2. The van der Waals surface area contributed by atoms with E-state index in [1.165, 1.54) is 24.3 Å². The number of benzene rings is 1. The van der Waals surface area contributed by atoms with Gasteiger partial charge in [-0.25, -0.2) is 9.18 Å². The molecule has 184 valence electrons. The van der Waals surface area contributed by atoms with E-state index in [0.717, 1.165) is 0 Å². The Hall–Kier alpha value is -3.67. The van der Waals surface area contributed by atoms with Crippen LogP contribution in [0.5, 0.6) is 0 Å². The predicted molar refractivity (Wildman–Crippen MR) is 118 cm³/mol. The first-order chi connectivity index (χ1) is 17.3. The molecule has 2 heterocycles. The molecule has 0 saturated heterocycles. The molecular weight excluding hydrogens is 460 g/mol. The number of aryl methyl sites for hydroxylation is 1. The van der Waals surface area contributed by atoms with Gasteiger partial charge in [-0.3, -0.25) is 9.59 Å². The Morgan fingerprint density at radius 1 is 1.24 bits per heavy atom. The fraction of sp³-hybridized carbons (Fsp3) is 0.318. The van der Waals surface area contributed by atoms with E-state index in [1.807, 2.05) is 0 Å². The van der Waals surface area contributed by atoms with E-state index in [-0.39, 0.29) is 17.7 Å². The van der Waals surface area contributed by atoms with Crippen LogP contribution in [0.3, 0.4) is 0 Å². The third-order valence-corrected chi connectivity index (χ3v) is 4.50. The smallest absolute Gasteiger partial charge is 0.475 e. The van der Waals surface area contributed by atoms with Crippen molar-refractivity contribution in [3.63, 3.8) is 0 Å². The molecule has 2 aromatic rings. The molecule has 0 unspecified atom stereocenters. The number of carboxylic acids is 1. The number of carbonyl (C=O) groups is 3. The van der Waals surface area contributed by atoms with Crippen molar-refractivity contribution < 1.29 is 42.5 Å². The summed E-state index contributed by atoms with van der Waals surface area (Å²) in [6.45, 7) is -0.141. The second-order valence-electron chi connectivity index (χ2n) is 6.90. The fourth-order valence-corrected chi connectivity index (χ4v) is 2.99. The predicted octanol–water partition coefficient (Wildman–Crippen LogP) is 3.24. The molecule has 0 bridgehead atoms. The minimum absolute atomic E-state index is 0.140. The van der Waals surface area contributed by atoms with E-state index in [2.05, 4.69) is 20.9 Å². The van der Waals surface area contributed by atoms with E-state index >= 15 is 0 Å². The van der Waals surface area contributed by atoms with Gasteiger partial charge >= 0.3 is 12.1 Å². The molecule has 0 radical (unpaired) electrons. The number of carbonyl (C=O) groups excluding carboxylic acids is 2. The zero-order valence-electron chi connectivity index (χ0n) is 22.2. The third-order valence-electron chi connectivity index (χ3n) is 4.50. The lowest BCUT2D eigenvalue weighted by Crippen LogP contribution is -2.32. The molecule has 8 nitrogen and oxygen atoms in total. The number of aromatic nitrogens is 1. The van der Waals surface area contributed by atoms with Crippen LogP contribution in [0.15, 0.2) is 18.2 Å². The maximum Gasteiger partial charge on any atom is 0.490 e. The summed E-state index contributed by atoms with van der Waals surface area (Å²) in [5.41, 5.74) is 2.54. The second-order valence-corrected chi connectivity index (χ2v) is 6.90. The molecule has 12 heteroatoms. The summed E-state index contributed by atoms with van der Waals surface area (Å²) in [4.78, 5) is 37.0. The minimum atomic E-state index is -5.08. The molecule has 0 spiro atoms. The normalized spacial score (nSPS) is 16.3. The Labute approximate surface area is 198 Å². The minimum Gasteiger partial charge on any atom is -0.475 e. The first-order valence-electron chi connectivity index (χ1n) is 11.7. The van der Waals surface area contributed by atoms with Crippen molar-refractivity contribution in [3.8, 4) is 0 Å². The van der Waals surface area contributed by atoms with Gasteiger partial charge in [-0.2, -0.15) is 13.2 Å². The van der Waals surface area contributed by atoms with Crippen molar-refractivity contribution in [3.05, 3.63) is 52.1 Å². The van der Waals surface area contributed by atoms with Gasteiger partial charge < -0.3 is 26.0 Å².